The van der Waals surface area contributed by atoms with Crippen molar-refractivity contribution in [2.24, 2.45) is 0 Å². The summed E-state index contributed by atoms with van der Waals surface area (Å²) in [6, 6.07) is 0.0622. The van der Waals surface area contributed by atoms with Gasteiger partial charge in [-0.15, -0.1) is 0 Å². The number of amides is 2. The van der Waals surface area contributed by atoms with E-state index in [9.17, 15) is 4.79 Å². The molecule has 0 N–H and O–H groups in total. The van der Waals surface area contributed by atoms with Gasteiger partial charge < -0.3 is 14.3 Å². The molecule has 0 atom stereocenters. The Morgan fingerprint density at radius 1 is 1.22 bits per heavy atom. The van der Waals surface area contributed by atoms with Gasteiger partial charge in [0.2, 0.25) is 5.89 Å². The number of aromatic nitrogens is 4. The van der Waals surface area contributed by atoms with E-state index in [1.54, 1.807) is 31.4 Å². The van der Waals surface area contributed by atoms with E-state index in [0.717, 1.165) is 50.0 Å². The van der Waals surface area contributed by atoms with Crippen molar-refractivity contribution in [3.05, 3.63) is 36.0 Å². The molecular weight excluding hydrogens is 344 g/mol. The van der Waals surface area contributed by atoms with Crippen LogP contribution in [0.15, 0.2) is 23.1 Å². The highest BCUT2D eigenvalue weighted by Crippen LogP contribution is 2.44. The summed E-state index contributed by atoms with van der Waals surface area (Å²) >= 11 is 0. The topological polar surface area (TPSA) is 88.3 Å². The predicted molar refractivity (Wildman–Crippen MR) is 98.2 cm³/mol. The summed E-state index contributed by atoms with van der Waals surface area (Å²) in [6.07, 6.45) is 11.1. The van der Waals surface area contributed by atoms with Gasteiger partial charge in [0.25, 0.3) is 0 Å². The van der Waals surface area contributed by atoms with E-state index < -0.39 is 0 Å². The second-order valence-corrected chi connectivity index (χ2v) is 7.77. The van der Waals surface area contributed by atoms with Crippen molar-refractivity contribution < 1.29 is 9.32 Å². The predicted octanol–water partition coefficient (Wildman–Crippen LogP) is 2.58. The summed E-state index contributed by atoms with van der Waals surface area (Å²) in [4.78, 5) is 29.2. The number of urea groups is 1. The molecule has 144 valence electrons. The smallest absolute Gasteiger partial charge is 0.319 e. The third kappa shape index (κ3) is 3.28. The fourth-order valence-corrected chi connectivity index (χ4v) is 4.32. The molecule has 0 unspecified atom stereocenters. The lowest BCUT2D eigenvalue weighted by Gasteiger charge is -2.32. The zero-order valence-electron chi connectivity index (χ0n) is 16.0. The molecule has 2 aromatic rings. The largest absolute Gasteiger partial charge is 0.339 e. The number of nitrogens with zero attached hydrogens (tertiary/aromatic N) is 6. The number of rotatable bonds is 3. The van der Waals surface area contributed by atoms with Crippen molar-refractivity contribution in [3.8, 4) is 0 Å². The molecule has 27 heavy (non-hydrogen) atoms. The fraction of sp³-hybridized carbons (Fsp3) is 0.632. The van der Waals surface area contributed by atoms with E-state index in [2.05, 4.69) is 15.1 Å². The van der Waals surface area contributed by atoms with Crippen LogP contribution in [0.5, 0.6) is 0 Å². The molecule has 8 heteroatoms. The van der Waals surface area contributed by atoms with Crippen LogP contribution in [0.3, 0.4) is 0 Å². The molecular formula is C19H26N6O2. The van der Waals surface area contributed by atoms with Crippen molar-refractivity contribution in [2.45, 2.75) is 49.9 Å². The van der Waals surface area contributed by atoms with Gasteiger partial charge >= 0.3 is 6.03 Å². The summed E-state index contributed by atoms with van der Waals surface area (Å²) in [5.74, 6) is 1.64. The average Bonchev–Trinajstić information content (AvgIpc) is 3.38. The van der Waals surface area contributed by atoms with Gasteiger partial charge in [0, 0.05) is 51.7 Å². The highest BCUT2D eigenvalue weighted by molar-refractivity contribution is 5.73. The fourth-order valence-electron chi connectivity index (χ4n) is 4.32. The monoisotopic (exact) mass is 370 g/mol. The van der Waals surface area contributed by atoms with E-state index in [1.807, 2.05) is 11.1 Å². The standard InChI is InChI=1S/C19H26N6O2/c1-24(2)18(26)25-11-5-14(6-12-25)16-22-17(23-27-16)19(7-3-4-8-19)15-13-20-9-10-21-15/h9-10,13-14H,3-8,11-12H2,1-2H3. The van der Waals surface area contributed by atoms with Gasteiger partial charge in [-0.2, -0.15) is 4.98 Å². The molecule has 0 spiro atoms. The lowest BCUT2D eigenvalue weighted by atomic mass is 9.82. The van der Waals surface area contributed by atoms with Crippen LogP contribution in [0, 0.1) is 0 Å². The Bertz CT molecular complexity index is 777. The Hall–Kier alpha value is -2.51. The lowest BCUT2D eigenvalue weighted by molar-refractivity contribution is 0.152. The first-order valence-corrected chi connectivity index (χ1v) is 9.67. The van der Waals surface area contributed by atoms with Crippen LogP contribution in [-0.4, -0.2) is 63.1 Å². The molecule has 1 aliphatic heterocycles. The molecule has 1 aliphatic carbocycles. The Morgan fingerprint density at radius 2 is 1.96 bits per heavy atom. The number of hydrogen-bond acceptors (Lipinski definition) is 6. The van der Waals surface area contributed by atoms with Crippen molar-refractivity contribution in [1.29, 1.82) is 0 Å². The normalized spacial score (nSPS) is 20.0. The quantitative estimate of drug-likeness (QED) is 0.825. The van der Waals surface area contributed by atoms with E-state index in [4.69, 9.17) is 9.51 Å². The SMILES string of the molecule is CN(C)C(=O)N1CCC(c2nc(C3(c4cnccn4)CCCC3)no2)CC1. The zero-order valence-corrected chi connectivity index (χ0v) is 16.0. The summed E-state index contributed by atoms with van der Waals surface area (Å²) in [5.41, 5.74) is 0.652. The maximum Gasteiger partial charge on any atom is 0.319 e. The maximum absolute atomic E-state index is 12.1. The lowest BCUT2D eigenvalue weighted by Crippen LogP contribution is -2.43. The molecule has 2 aromatic heterocycles. The van der Waals surface area contributed by atoms with Crippen molar-refractivity contribution >= 4 is 6.03 Å². The number of piperidine rings is 1. The molecule has 2 amide bonds. The van der Waals surface area contributed by atoms with Gasteiger partial charge in [-0.3, -0.25) is 9.97 Å². The molecule has 4 rings (SSSR count). The third-order valence-corrected chi connectivity index (χ3v) is 5.88. The van der Waals surface area contributed by atoms with Gasteiger partial charge in [0.15, 0.2) is 5.82 Å². The van der Waals surface area contributed by atoms with E-state index in [0.29, 0.717) is 19.0 Å². The van der Waals surface area contributed by atoms with Crippen molar-refractivity contribution in [1.82, 2.24) is 29.9 Å². The van der Waals surface area contributed by atoms with Crippen molar-refractivity contribution in [2.75, 3.05) is 27.2 Å². The first-order chi connectivity index (χ1) is 13.1. The van der Waals surface area contributed by atoms with Gasteiger partial charge in [0.05, 0.1) is 11.1 Å². The summed E-state index contributed by atoms with van der Waals surface area (Å²) in [7, 11) is 3.57. The molecule has 0 bridgehead atoms. The van der Waals surface area contributed by atoms with Gasteiger partial charge in [-0.05, 0) is 25.7 Å². The maximum atomic E-state index is 12.1. The second-order valence-electron chi connectivity index (χ2n) is 7.77. The number of carbonyl (C=O) groups is 1. The van der Waals surface area contributed by atoms with Gasteiger partial charge in [0.1, 0.15) is 0 Å². The van der Waals surface area contributed by atoms with Crippen LogP contribution in [0.1, 0.15) is 61.9 Å². The van der Waals surface area contributed by atoms with E-state index in [1.165, 1.54) is 0 Å². The van der Waals surface area contributed by atoms with Crippen LogP contribution in [-0.2, 0) is 5.41 Å². The summed E-state index contributed by atoms with van der Waals surface area (Å²) < 4.78 is 5.68. The molecule has 1 saturated heterocycles. The molecule has 2 fully saturated rings. The molecule has 3 heterocycles. The van der Waals surface area contributed by atoms with Crippen LogP contribution in [0.4, 0.5) is 4.79 Å². The highest BCUT2D eigenvalue weighted by atomic mass is 16.5. The minimum Gasteiger partial charge on any atom is -0.339 e. The highest BCUT2D eigenvalue weighted by Gasteiger charge is 2.43. The minimum absolute atomic E-state index is 0.0622. The first kappa shape index (κ1) is 17.9. The molecule has 0 aromatic carbocycles. The Balaban J connectivity index is 1.51. The zero-order chi connectivity index (χ0) is 18.9. The van der Waals surface area contributed by atoms with Crippen LogP contribution < -0.4 is 0 Å². The Kier molecular flexibility index (Phi) is 4.80. The minimum atomic E-state index is -0.280. The summed E-state index contributed by atoms with van der Waals surface area (Å²) in [6.45, 7) is 1.43. The van der Waals surface area contributed by atoms with Gasteiger partial charge in [-0.1, -0.05) is 18.0 Å². The number of carbonyl (C=O) groups excluding carboxylic acids is 1. The second kappa shape index (κ2) is 7.25. The number of likely N-dealkylation sites (tertiary alicyclic amines) is 1. The molecule has 0 radical (unpaired) electrons. The van der Waals surface area contributed by atoms with Crippen LogP contribution >= 0.6 is 0 Å². The Morgan fingerprint density at radius 3 is 2.59 bits per heavy atom. The average molecular weight is 370 g/mol. The van der Waals surface area contributed by atoms with Gasteiger partial charge in [-0.25, -0.2) is 4.79 Å². The first-order valence-electron chi connectivity index (χ1n) is 9.67. The number of hydrogen-bond donors (Lipinski definition) is 0. The van der Waals surface area contributed by atoms with E-state index in [-0.39, 0.29) is 17.4 Å². The third-order valence-electron chi connectivity index (χ3n) is 5.88. The van der Waals surface area contributed by atoms with Crippen LogP contribution in [0.2, 0.25) is 0 Å². The Labute approximate surface area is 159 Å². The molecule has 2 aliphatic rings. The molecule has 1 saturated carbocycles. The van der Waals surface area contributed by atoms with Crippen molar-refractivity contribution in [3.63, 3.8) is 0 Å². The molecule has 8 nitrogen and oxygen atoms in total. The van der Waals surface area contributed by atoms with E-state index >= 15 is 0 Å². The summed E-state index contributed by atoms with van der Waals surface area (Å²) in [5, 5.41) is 4.36. The van der Waals surface area contributed by atoms with Crippen LogP contribution in [0.25, 0.3) is 0 Å².